The lowest BCUT2D eigenvalue weighted by Crippen LogP contribution is -2.45. The molecule has 4 N–H and O–H groups in total. The van der Waals surface area contributed by atoms with Gasteiger partial charge >= 0.3 is 24.4 Å². The summed E-state index contributed by atoms with van der Waals surface area (Å²) in [6.07, 6.45) is -0.758. The van der Waals surface area contributed by atoms with E-state index in [0.717, 1.165) is 22.3 Å². The molecule has 8 heterocycles. The molecule has 22 nitrogen and oxygen atoms in total. The van der Waals surface area contributed by atoms with Crippen LogP contribution in [0, 0.1) is 0 Å². The van der Waals surface area contributed by atoms with Gasteiger partial charge in [0.2, 0.25) is 0 Å². The van der Waals surface area contributed by atoms with Gasteiger partial charge in [0, 0.05) is 35.0 Å². The lowest BCUT2D eigenvalue weighted by atomic mass is 10.0. The van der Waals surface area contributed by atoms with Crippen LogP contribution in [-0.4, -0.2) is 134 Å². The minimum absolute atomic E-state index is 0.0659. The van der Waals surface area contributed by atoms with Crippen LogP contribution >= 0.6 is 7.92 Å². The topological polar surface area (TPSA) is 278 Å². The van der Waals surface area contributed by atoms with Crippen molar-refractivity contribution < 1.29 is 57.8 Å². The summed E-state index contributed by atoms with van der Waals surface area (Å²) in [4.78, 5) is 65.8. The zero-order valence-electron chi connectivity index (χ0n) is 43.2. The number of aliphatic hydroxyl groups is 2. The number of ether oxygens (including phenoxy) is 6. The van der Waals surface area contributed by atoms with Gasteiger partial charge in [-0.1, -0.05) is 108 Å². The summed E-state index contributed by atoms with van der Waals surface area (Å²) in [5.41, 5.74) is 18.5. The molecule has 4 fully saturated rings. The molecule has 2 aromatic heterocycles. The van der Waals surface area contributed by atoms with E-state index >= 15 is 0 Å². The lowest BCUT2D eigenvalue weighted by Gasteiger charge is -2.31. The van der Waals surface area contributed by atoms with E-state index in [1.807, 2.05) is 36.4 Å². The number of amides is 4. The fraction of sp³-hybridized carbons (Fsp3) is 0.241. The van der Waals surface area contributed by atoms with Gasteiger partial charge in [-0.15, -0.1) is 0 Å². The SMILES string of the molecule is NCC1CN(c2ccc(-c3ccc4c(c3)OC[C@H]3[C@H](CO)OC(=O)N43)cn2)C(=O)O1.[N-]=[N+]=NCC1CN(c2ccc(-c3ccc4c(c3)OC[C@H]3[C@H](CO)OC(=O)N43)cn2)C(=O)O1.c1ccc(P(c2ccccc2)c2ccccc2)cc1. The molecule has 4 saturated heterocycles. The zero-order chi connectivity index (χ0) is 56.0. The minimum Gasteiger partial charge on any atom is -0.489 e. The van der Waals surface area contributed by atoms with Gasteiger partial charge < -0.3 is 44.4 Å². The minimum atomic E-state index is -0.615. The number of carbonyl (C=O) groups excluding carboxylic acids is 4. The van der Waals surface area contributed by atoms with Crippen molar-refractivity contribution >= 4 is 71.2 Å². The van der Waals surface area contributed by atoms with Crippen molar-refractivity contribution in [1.82, 2.24) is 9.97 Å². The molecule has 0 radical (unpaired) electrons. The van der Waals surface area contributed by atoms with E-state index in [9.17, 15) is 29.4 Å². The summed E-state index contributed by atoms with van der Waals surface area (Å²) < 4.78 is 32.4. The predicted molar refractivity (Wildman–Crippen MR) is 301 cm³/mol. The predicted octanol–water partition coefficient (Wildman–Crippen LogP) is 7.02. The number of hydrogen-bond donors (Lipinski definition) is 3. The molecule has 412 valence electrons. The van der Waals surface area contributed by atoms with E-state index in [2.05, 4.69) is 111 Å². The molecule has 5 aromatic carbocycles. The highest BCUT2D eigenvalue weighted by molar-refractivity contribution is 7.79. The van der Waals surface area contributed by atoms with E-state index < -0.39 is 50.6 Å². The Hall–Kier alpha value is -9.30. The van der Waals surface area contributed by atoms with Crippen molar-refractivity contribution in [3.05, 3.63) is 174 Å². The summed E-state index contributed by atoms with van der Waals surface area (Å²) in [7, 11) is -0.446. The normalized spacial score (nSPS) is 21.0. The van der Waals surface area contributed by atoms with E-state index in [1.165, 1.54) is 35.5 Å². The van der Waals surface area contributed by atoms with E-state index in [0.29, 0.717) is 41.1 Å². The number of benzene rings is 5. The van der Waals surface area contributed by atoms with Gasteiger partial charge in [0.15, 0.2) is 12.2 Å². The van der Waals surface area contributed by atoms with Crippen molar-refractivity contribution in [3.8, 4) is 33.8 Å². The molecule has 4 amide bonds. The molecule has 0 aliphatic carbocycles. The molecule has 7 aromatic rings. The molecule has 6 aliphatic heterocycles. The van der Waals surface area contributed by atoms with Crippen LogP contribution in [0.4, 0.5) is 42.2 Å². The lowest BCUT2D eigenvalue weighted by molar-refractivity contribution is 0.0732. The molecule has 6 aliphatic rings. The second-order valence-corrected chi connectivity index (χ2v) is 21.3. The van der Waals surface area contributed by atoms with Crippen LogP contribution in [0.15, 0.2) is 169 Å². The Bertz CT molecular complexity index is 3370. The second-order valence-electron chi connectivity index (χ2n) is 19.1. The fourth-order valence-electron chi connectivity index (χ4n) is 10.1. The number of cyclic esters (lactones) is 4. The molecule has 6 atom stereocenters. The van der Waals surface area contributed by atoms with E-state index in [1.54, 1.807) is 36.7 Å². The summed E-state index contributed by atoms with van der Waals surface area (Å²) in [5, 5.41) is 26.5. The van der Waals surface area contributed by atoms with Gasteiger partial charge in [0.05, 0.1) is 44.2 Å². The van der Waals surface area contributed by atoms with Crippen molar-refractivity contribution in [3.63, 3.8) is 0 Å². The van der Waals surface area contributed by atoms with Gasteiger partial charge in [-0.25, -0.2) is 29.1 Å². The Morgan fingerprint density at radius 2 is 0.975 bits per heavy atom. The third-order valence-corrected chi connectivity index (χ3v) is 16.6. The number of aliphatic hydroxyl groups excluding tert-OH is 2. The molecule has 0 spiro atoms. The maximum absolute atomic E-state index is 12.2. The smallest absolute Gasteiger partial charge is 0.415 e. The highest BCUT2D eigenvalue weighted by Crippen LogP contribution is 2.43. The van der Waals surface area contributed by atoms with Crippen LogP contribution in [0.2, 0.25) is 0 Å². The first-order valence-electron chi connectivity index (χ1n) is 25.9. The average molecular weight is 1110 g/mol. The summed E-state index contributed by atoms with van der Waals surface area (Å²) in [6, 6.07) is 49.6. The molecule has 0 saturated carbocycles. The van der Waals surface area contributed by atoms with Gasteiger partial charge in [0.1, 0.15) is 60.6 Å². The van der Waals surface area contributed by atoms with Crippen molar-refractivity contribution in [2.45, 2.75) is 36.5 Å². The third kappa shape index (κ3) is 11.2. The number of pyridine rings is 2. The first-order valence-corrected chi connectivity index (χ1v) is 27.3. The summed E-state index contributed by atoms with van der Waals surface area (Å²) in [6.45, 7) is 0.894. The quantitative estimate of drug-likeness (QED) is 0.0365. The highest BCUT2D eigenvalue weighted by atomic mass is 31.1. The molecule has 23 heteroatoms. The molecule has 81 heavy (non-hydrogen) atoms. The van der Waals surface area contributed by atoms with Crippen LogP contribution in [0.5, 0.6) is 11.5 Å². The summed E-state index contributed by atoms with van der Waals surface area (Å²) >= 11 is 0. The van der Waals surface area contributed by atoms with Crippen LogP contribution < -0.4 is 50.7 Å². The Morgan fingerprint density at radius 1 is 0.556 bits per heavy atom. The van der Waals surface area contributed by atoms with Gasteiger partial charge in [0.25, 0.3) is 0 Å². The number of nitrogens with two attached hydrogens (primary N) is 1. The molecular weight excluding hydrogens is 1060 g/mol. The van der Waals surface area contributed by atoms with E-state index in [4.69, 9.17) is 39.7 Å². The Kier molecular flexibility index (Phi) is 15.9. The monoisotopic (exact) mass is 1110 g/mol. The highest BCUT2D eigenvalue weighted by Gasteiger charge is 2.47. The average Bonchev–Trinajstić information content (AvgIpc) is 4.44. The van der Waals surface area contributed by atoms with Crippen molar-refractivity contribution in [1.29, 1.82) is 0 Å². The number of anilines is 4. The van der Waals surface area contributed by atoms with Crippen LogP contribution in [0.3, 0.4) is 0 Å². The Labute approximate surface area is 465 Å². The number of nitrogens with zero attached hydrogens (tertiary/aromatic N) is 9. The zero-order valence-corrected chi connectivity index (χ0v) is 44.1. The Balaban J connectivity index is 0.000000132. The van der Waals surface area contributed by atoms with Crippen molar-refractivity contribution in [2.75, 3.05) is 72.2 Å². The third-order valence-electron chi connectivity index (χ3n) is 14.2. The number of fused-ring (bicyclic) bond motifs is 6. The van der Waals surface area contributed by atoms with E-state index in [-0.39, 0.29) is 64.2 Å². The number of aromatic nitrogens is 2. The molecule has 13 rings (SSSR count). The van der Waals surface area contributed by atoms with Crippen LogP contribution in [0.1, 0.15) is 0 Å². The largest absolute Gasteiger partial charge is 0.489 e. The second kappa shape index (κ2) is 24.0. The van der Waals surface area contributed by atoms with Gasteiger partial charge in [-0.2, -0.15) is 0 Å². The van der Waals surface area contributed by atoms with Crippen LogP contribution in [-0.2, 0) is 18.9 Å². The maximum Gasteiger partial charge on any atom is 0.415 e. The first-order chi connectivity index (χ1) is 39.6. The number of azide groups is 1. The fourth-order valence-corrected chi connectivity index (χ4v) is 12.4. The number of hydrogen-bond acceptors (Lipinski definition) is 16. The van der Waals surface area contributed by atoms with Gasteiger partial charge in [-0.3, -0.25) is 19.6 Å². The van der Waals surface area contributed by atoms with Crippen molar-refractivity contribution in [2.24, 2.45) is 10.8 Å². The number of rotatable bonds is 12. The first kappa shape index (κ1) is 53.7. The maximum atomic E-state index is 12.2. The molecule has 0 bridgehead atoms. The van der Waals surface area contributed by atoms with Crippen LogP contribution in [0.25, 0.3) is 32.7 Å². The van der Waals surface area contributed by atoms with Gasteiger partial charge in [-0.05, 0) is 89.0 Å². The Morgan fingerprint density at radius 3 is 1.36 bits per heavy atom. The number of carbonyl (C=O) groups is 4. The molecule has 2 unspecified atom stereocenters. The standard InChI is InChI=1S/C20H18N6O6.C20H20N4O6.C18H15P/c21-24-23-7-13-8-25(19(28)31-13)18-4-2-12(6-22-18)11-1-3-14-16(5-11)30-10-15-17(9-27)32-20(29)26(14)15;21-6-13-8-23(19(26)29-13)18-4-2-12(7-22-18)11-1-3-14-16(5-11)28-10-15-17(9-25)30-20(27)24(14)15;1-4-10-16(11-5-1)19(17-12-6-2-7-13-17)18-14-8-3-9-15-18/h1-6,13,15,17,27H,7-10H2;1-5,7,13,15,17,25H,6,8-10,21H2;1-15H/t2*13?,15-,17-;/m00./s1. The molecular formula is C58H53N10O12P. The summed E-state index contributed by atoms with van der Waals surface area (Å²) in [5.74, 6) is 2.00.